The topological polar surface area (TPSA) is 64.4 Å². The van der Waals surface area contributed by atoms with Gasteiger partial charge in [-0.1, -0.05) is 44.3 Å². The van der Waals surface area contributed by atoms with E-state index in [0.29, 0.717) is 31.0 Å². The summed E-state index contributed by atoms with van der Waals surface area (Å²) < 4.78 is 5.36. The van der Waals surface area contributed by atoms with E-state index >= 15 is 0 Å². The highest BCUT2D eigenvalue weighted by Crippen LogP contribution is 2.32. The number of carbonyl (C=O) groups is 1. The highest BCUT2D eigenvalue weighted by atomic mass is 32.1. The van der Waals surface area contributed by atoms with Gasteiger partial charge in [-0.15, -0.1) is 0 Å². The Hall–Kier alpha value is -0.680. The Morgan fingerprint density at radius 1 is 1.10 bits per heavy atom. The minimum absolute atomic E-state index is 0.0267. The Morgan fingerprint density at radius 2 is 1.65 bits per heavy atom. The fourth-order valence-corrected chi connectivity index (χ4v) is 3.53. The highest BCUT2D eigenvalue weighted by Gasteiger charge is 2.43. The first-order valence-corrected chi connectivity index (χ1v) is 8.24. The summed E-state index contributed by atoms with van der Waals surface area (Å²) in [5, 5.41) is 3.22. The molecule has 20 heavy (non-hydrogen) atoms. The van der Waals surface area contributed by atoms with Crippen molar-refractivity contribution in [2.24, 2.45) is 11.1 Å². The van der Waals surface area contributed by atoms with Gasteiger partial charge in [0, 0.05) is 19.3 Å². The number of ether oxygens (including phenoxy) is 1. The molecule has 5 heteroatoms. The molecule has 4 nitrogen and oxygen atoms in total. The molecule has 0 atom stereocenters. The zero-order valence-corrected chi connectivity index (χ0v) is 13.0. The van der Waals surface area contributed by atoms with Crippen molar-refractivity contribution in [2.45, 2.75) is 63.8 Å². The number of amides is 1. The first kappa shape index (κ1) is 15.7. The number of hydrogen-bond donors (Lipinski definition) is 2. The van der Waals surface area contributed by atoms with Gasteiger partial charge in [-0.05, 0) is 25.7 Å². The molecule has 0 radical (unpaired) electrons. The van der Waals surface area contributed by atoms with Crippen LogP contribution < -0.4 is 11.1 Å². The lowest BCUT2D eigenvalue weighted by Gasteiger charge is -2.36. The Bertz CT molecular complexity index is 346. The molecule has 1 heterocycles. The van der Waals surface area contributed by atoms with Crippen molar-refractivity contribution >= 4 is 23.1 Å². The molecule has 0 aromatic heterocycles. The molecule has 1 aliphatic carbocycles. The Labute approximate surface area is 126 Å². The second kappa shape index (κ2) is 7.36. The van der Waals surface area contributed by atoms with Gasteiger partial charge in [0.1, 0.15) is 5.41 Å². The summed E-state index contributed by atoms with van der Waals surface area (Å²) in [6.45, 7) is 1.13. The van der Waals surface area contributed by atoms with Crippen LogP contribution in [0, 0.1) is 5.41 Å². The van der Waals surface area contributed by atoms with Crippen molar-refractivity contribution in [1.29, 1.82) is 0 Å². The fraction of sp³-hybridized carbons (Fsp3) is 0.867. The van der Waals surface area contributed by atoms with Crippen LogP contribution in [0.2, 0.25) is 0 Å². The van der Waals surface area contributed by atoms with Crippen LogP contribution >= 0.6 is 12.2 Å². The third-order valence-corrected chi connectivity index (χ3v) is 5.08. The lowest BCUT2D eigenvalue weighted by molar-refractivity contribution is -0.132. The Balaban J connectivity index is 1.98. The van der Waals surface area contributed by atoms with Crippen LogP contribution in [0.5, 0.6) is 0 Å². The van der Waals surface area contributed by atoms with Crippen molar-refractivity contribution in [3.05, 3.63) is 0 Å². The molecular formula is C15H26N2O2S. The fourth-order valence-electron chi connectivity index (χ4n) is 3.23. The second-order valence-electron chi connectivity index (χ2n) is 6.07. The third kappa shape index (κ3) is 3.70. The maximum Gasteiger partial charge on any atom is 0.233 e. The first-order chi connectivity index (χ1) is 9.65. The van der Waals surface area contributed by atoms with Crippen molar-refractivity contribution in [3.63, 3.8) is 0 Å². The van der Waals surface area contributed by atoms with E-state index in [1.807, 2.05) is 0 Å². The summed E-state index contributed by atoms with van der Waals surface area (Å²) >= 11 is 5.18. The number of carbonyl (C=O) groups excluding carboxylic acids is 1. The maximum absolute atomic E-state index is 12.7. The van der Waals surface area contributed by atoms with Crippen LogP contribution in [0.25, 0.3) is 0 Å². The predicted molar refractivity (Wildman–Crippen MR) is 83.5 cm³/mol. The molecule has 0 aromatic carbocycles. The molecule has 2 rings (SSSR count). The maximum atomic E-state index is 12.7. The molecule has 114 valence electrons. The Morgan fingerprint density at radius 3 is 2.20 bits per heavy atom. The van der Waals surface area contributed by atoms with Gasteiger partial charge in [0.15, 0.2) is 0 Å². The average Bonchev–Trinajstić information content (AvgIpc) is 2.42. The smallest absolute Gasteiger partial charge is 0.233 e. The van der Waals surface area contributed by atoms with E-state index in [0.717, 1.165) is 12.8 Å². The van der Waals surface area contributed by atoms with Gasteiger partial charge < -0.3 is 15.8 Å². The van der Waals surface area contributed by atoms with Gasteiger partial charge in [-0.3, -0.25) is 4.79 Å². The molecule has 0 unspecified atom stereocenters. The number of hydrogen-bond acceptors (Lipinski definition) is 3. The number of nitrogens with two attached hydrogens (primary N) is 1. The third-order valence-electron chi connectivity index (χ3n) is 4.69. The molecule has 1 saturated carbocycles. The van der Waals surface area contributed by atoms with Crippen molar-refractivity contribution < 1.29 is 9.53 Å². The van der Waals surface area contributed by atoms with E-state index in [-0.39, 0.29) is 11.9 Å². The van der Waals surface area contributed by atoms with E-state index in [9.17, 15) is 4.79 Å². The van der Waals surface area contributed by atoms with Gasteiger partial charge in [0.25, 0.3) is 0 Å². The summed E-state index contributed by atoms with van der Waals surface area (Å²) in [6, 6.07) is 0.289. The lowest BCUT2D eigenvalue weighted by atomic mass is 9.78. The molecule has 3 N–H and O–H groups in total. The van der Waals surface area contributed by atoms with Gasteiger partial charge in [0.2, 0.25) is 5.91 Å². The molecular weight excluding hydrogens is 272 g/mol. The first-order valence-electron chi connectivity index (χ1n) is 7.84. The van der Waals surface area contributed by atoms with Crippen LogP contribution in [0.1, 0.15) is 57.8 Å². The summed E-state index contributed by atoms with van der Waals surface area (Å²) in [5.41, 5.74) is 5.19. The molecule has 1 amide bonds. The van der Waals surface area contributed by atoms with E-state index in [1.165, 1.54) is 32.1 Å². The molecule has 0 spiro atoms. The predicted octanol–water partition coefficient (Wildman–Crippen LogP) is 2.30. The SMILES string of the molecule is NC(=S)C1(C(=O)NC2CCCCCCC2)CCOCC1. The normalized spacial score (nSPS) is 24.4. The van der Waals surface area contributed by atoms with E-state index in [2.05, 4.69) is 5.32 Å². The zero-order chi connectivity index (χ0) is 14.4. The number of thiocarbonyl (C=S) groups is 1. The van der Waals surface area contributed by atoms with Crippen LogP contribution in [-0.2, 0) is 9.53 Å². The van der Waals surface area contributed by atoms with Crippen LogP contribution in [-0.4, -0.2) is 30.2 Å². The van der Waals surface area contributed by atoms with Gasteiger partial charge in [0.05, 0.1) is 4.99 Å². The quantitative estimate of drug-likeness (QED) is 0.785. The standard InChI is InChI=1S/C15H26N2O2S/c16-13(20)15(8-10-19-11-9-15)14(18)17-12-6-4-2-1-3-5-7-12/h12H,1-11H2,(H2,16,20)(H,17,18). The molecule has 1 aliphatic heterocycles. The number of nitrogens with one attached hydrogen (secondary N) is 1. The van der Waals surface area contributed by atoms with E-state index < -0.39 is 5.41 Å². The van der Waals surface area contributed by atoms with Gasteiger partial charge >= 0.3 is 0 Å². The van der Waals surface area contributed by atoms with Crippen molar-refractivity contribution in [1.82, 2.24) is 5.32 Å². The molecule has 2 fully saturated rings. The molecule has 1 saturated heterocycles. The van der Waals surface area contributed by atoms with Gasteiger partial charge in [-0.2, -0.15) is 0 Å². The lowest BCUT2D eigenvalue weighted by Crippen LogP contribution is -2.54. The summed E-state index contributed by atoms with van der Waals surface area (Å²) in [4.78, 5) is 13.0. The van der Waals surface area contributed by atoms with Gasteiger partial charge in [-0.25, -0.2) is 0 Å². The average molecular weight is 298 g/mol. The minimum atomic E-state index is -0.685. The second-order valence-corrected chi connectivity index (χ2v) is 6.51. The summed E-state index contributed by atoms with van der Waals surface area (Å²) in [7, 11) is 0. The largest absolute Gasteiger partial charge is 0.392 e. The summed E-state index contributed by atoms with van der Waals surface area (Å²) in [6.07, 6.45) is 9.67. The summed E-state index contributed by atoms with van der Waals surface area (Å²) in [5.74, 6) is 0.0267. The Kier molecular flexibility index (Phi) is 5.78. The van der Waals surface area contributed by atoms with Crippen LogP contribution in [0.4, 0.5) is 0 Å². The minimum Gasteiger partial charge on any atom is -0.392 e. The van der Waals surface area contributed by atoms with Crippen LogP contribution in [0.3, 0.4) is 0 Å². The van der Waals surface area contributed by atoms with Crippen molar-refractivity contribution in [2.75, 3.05) is 13.2 Å². The van der Waals surface area contributed by atoms with E-state index in [4.69, 9.17) is 22.7 Å². The molecule has 0 bridgehead atoms. The molecule has 0 aromatic rings. The molecule has 2 aliphatic rings. The van der Waals surface area contributed by atoms with Crippen LogP contribution in [0.15, 0.2) is 0 Å². The monoisotopic (exact) mass is 298 g/mol. The highest BCUT2D eigenvalue weighted by molar-refractivity contribution is 7.80. The van der Waals surface area contributed by atoms with Crippen molar-refractivity contribution in [3.8, 4) is 0 Å². The van der Waals surface area contributed by atoms with E-state index in [1.54, 1.807) is 0 Å². The number of rotatable bonds is 3. The zero-order valence-electron chi connectivity index (χ0n) is 12.2.